The first-order valence-corrected chi connectivity index (χ1v) is 7.62. The first kappa shape index (κ1) is 15.6. The number of nitrogens with one attached hydrogen (secondary N) is 1. The molecule has 1 atom stereocenters. The zero-order valence-electron chi connectivity index (χ0n) is 12.6. The molecule has 1 unspecified atom stereocenters. The number of amides is 2. The summed E-state index contributed by atoms with van der Waals surface area (Å²) in [4.78, 5) is 26.0. The SMILES string of the molecule is CCCCC1C(=O)NC(=S)N(c2ccc(C)c(C)c2)C1=O. The van der Waals surface area contributed by atoms with E-state index in [-0.39, 0.29) is 16.9 Å². The predicted molar refractivity (Wildman–Crippen MR) is 87.2 cm³/mol. The summed E-state index contributed by atoms with van der Waals surface area (Å²) in [5.74, 6) is -1.14. The lowest BCUT2D eigenvalue weighted by Crippen LogP contribution is -2.58. The van der Waals surface area contributed by atoms with Gasteiger partial charge in [-0.1, -0.05) is 25.8 Å². The van der Waals surface area contributed by atoms with Gasteiger partial charge in [-0.25, -0.2) is 0 Å². The van der Waals surface area contributed by atoms with Crippen LogP contribution in [0.25, 0.3) is 0 Å². The predicted octanol–water partition coefficient (Wildman–Crippen LogP) is 2.86. The molecule has 0 radical (unpaired) electrons. The summed E-state index contributed by atoms with van der Waals surface area (Å²) in [5, 5.41) is 2.82. The van der Waals surface area contributed by atoms with E-state index in [9.17, 15) is 9.59 Å². The maximum absolute atomic E-state index is 12.6. The molecule has 1 aromatic rings. The molecular weight excluding hydrogens is 284 g/mol. The lowest BCUT2D eigenvalue weighted by molar-refractivity contribution is -0.134. The van der Waals surface area contributed by atoms with Gasteiger partial charge in [0.05, 0.1) is 5.69 Å². The highest BCUT2D eigenvalue weighted by atomic mass is 32.1. The second-order valence-electron chi connectivity index (χ2n) is 5.43. The fourth-order valence-corrected chi connectivity index (χ4v) is 2.68. The summed E-state index contributed by atoms with van der Waals surface area (Å²) in [6, 6.07) is 5.74. The molecule has 21 heavy (non-hydrogen) atoms. The third kappa shape index (κ3) is 3.13. The highest BCUT2D eigenvalue weighted by Gasteiger charge is 2.38. The molecule has 1 heterocycles. The summed E-state index contributed by atoms with van der Waals surface area (Å²) >= 11 is 5.18. The molecule has 4 nitrogen and oxygen atoms in total. The van der Waals surface area contributed by atoms with Crippen LogP contribution in [-0.2, 0) is 9.59 Å². The number of carbonyl (C=O) groups excluding carboxylic acids is 2. The van der Waals surface area contributed by atoms with E-state index in [1.807, 2.05) is 39.0 Å². The number of benzene rings is 1. The smallest absolute Gasteiger partial charge is 0.245 e. The van der Waals surface area contributed by atoms with Crippen molar-refractivity contribution in [3.05, 3.63) is 29.3 Å². The van der Waals surface area contributed by atoms with Crippen LogP contribution in [0, 0.1) is 19.8 Å². The standard InChI is InChI=1S/C16H20N2O2S/c1-4-5-6-13-14(19)17-16(21)18(15(13)20)12-8-7-10(2)11(3)9-12/h7-9,13H,4-6H2,1-3H3,(H,17,19,21). The highest BCUT2D eigenvalue weighted by molar-refractivity contribution is 7.80. The molecule has 0 bridgehead atoms. The van der Waals surface area contributed by atoms with Gasteiger partial charge in [0.2, 0.25) is 11.8 Å². The molecule has 1 saturated heterocycles. The summed E-state index contributed by atoms with van der Waals surface area (Å²) in [6.45, 7) is 6.04. The summed E-state index contributed by atoms with van der Waals surface area (Å²) < 4.78 is 0. The van der Waals surface area contributed by atoms with Crippen LogP contribution in [0.3, 0.4) is 0 Å². The minimum atomic E-state index is -0.641. The minimum absolute atomic E-state index is 0.168. The lowest BCUT2D eigenvalue weighted by Gasteiger charge is -2.32. The number of anilines is 1. The Hall–Kier alpha value is -1.75. The number of unbranched alkanes of at least 4 members (excludes halogenated alkanes) is 1. The number of nitrogens with zero attached hydrogens (tertiary/aromatic N) is 1. The van der Waals surface area contributed by atoms with Gasteiger partial charge in [0.25, 0.3) is 0 Å². The van der Waals surface area contributed by atoms with Gasteiger partial charge >= 0.3 is 0 Å². The van der Waals surface area contributed by atoms with Gasteiger partial charge in [-0.2, -0.15) is 0 Å². The lowest BCUT2D eigenvalue weighted by atomic mass is 9.97. The zero-order valence-corrected chi connectivity index (χ0v) is 13.4. The zero-order chi connectivity index (χ0) is 15.6. The quantitative estimate of drug-likeness (QED) is 0.687. The van der Waals surface area contributed by atoms with Crippen LogP contribution in [0.5, 0.6) is 0 Å². The molecule has 1 N–H and O–H groups in total. The van der Waals surface area contributed by atoms with E-state index in [1.54, 1.807) is 0 Å². The minimum Gasteiger partial charge on any atom is -0.302 e. The van der Waals surface area contributed by atoms with Gasteiger partial charge < -0.3 is 5.32 Å². The largest absolute Gasteiger partial charge is 0.302 e. The van der Waals surface area contributed by atoms with Crippen molar-refractivity contribution >= 4 is 34.8 Å². The number of carbonyl (C=O) groups is 2. The van der Waals surface area contributed by atoms with Gasteiger partial charge in [0.15, 0.2) is 5.11 Å². The Kier molecular flexibility index (Phi) is 4.73. The maximum Gasteiger partial charge on any atom is 0.245 e. The topological polar surface area (TPSA) is 49.4 Å². The Bertz CT molecular complexity index is 598. The van der Waals surface area contributed by atoms with Crippen molar-refractivity contribution < 1.29 is 9.59 Å². The second kappa shape index (κ2) is 6.35. The summed E-state index contributed by atoms with van der Waals surface area (Å²) in [5.41, 5.74) is 2.96. The summed E-state index contributed by atoms with van der Waals surface area (Å²) in [7, 11) is 0. The third-order valence-corrected chi connectivity index (χ3v) is 4.15. The average Bonchev–Trinajstić information content (AvgIpc) is 2.42. The fraction of sp³-hybridized carbons (Fsp3) is 0.438. The average molecular weight is 304 g/mol. The maximum atomic E-state index is 12.6. The van der Waals surface area contributed by atoms with Gasteiger partial charge in [-0.05, 0) is 55.7 Å². The third-order valence-electron chi connectivity index (χ3n) is 3.86. The van der Waals surface area contributed by atoms with Crippen molar-refractivity contribution in [3.8, 4) is 0 Å². The Balaban J connectivity index is 2.32. The van der Waals surface area contributed by atoms with Crippen LogP contribution < -0.4 is 10.2 Å². The van der Waals surface area contributed by atoms with Gasteiger partial charge in [-0.3, -0.25) is 14.5 Å². The Morgan fingerprint density at radius 3 is 2.57 bits per heavy atom. The van der Waals surface area contributed by atoms with E-state index >= 15 is 0 Å². The molecule has 0 spiro atoms. The molecule has 1 aliphatic rings. The molecular formula is C16H20N2O2S. The van der Waals surface area contributed by atoms with Crippen LogP contribution in [0.15, 0.2) is 18.2 Å². The van der Waals surface area contributed by atoms with E-state index in [2.05, 4.69) is 5.32 Å². The molecule has 2 rings (SSSR count). The Morgan fingerprint density at radius 1 is 1.24 bits per heavy atom. The number of hydrogen-bond acceptors (Lipinski definition) is 3. The molecule has 0 aromatic heterocycles. The van der Waals surface area contributed by atoms with Crippen LogP contribution in [0.4, 0.5) is 5.69 Å². The van der Waals surface area contributed by atoms with Gasteiger partial charge in [0.1, 0.15) is 5.92 Å². The summed E-state index contributed by atoms with van der Waals surface area (Å²) in [6.07, 6.45) is 2.35. The van der Waals surface area contributed by atoms with Crippen LogP contribution in [0.2, 0.25) is 0 Å². The van der Waals surface area contributed by atoms with Crippen molar-refractivity contribution in [1.29, 1.82) is 0 Å². The fourth-order valence-electron chi connectivity index (χ4n) is 2.39. The number of aryl methyl sites for hydroxylation is 2. The Morgan fingerprint density at radius 2 is 1.95 bits per heavy atom. The Labute approximate surface area is 130 Å². The van der Waals surface area contributed by atoms with Crippen molar-refractivity contribution in [1.82, 2.24) is 5.32 Å². The molecule has 1 aromatic carbocycles. The molecule has 112 valence electrons. The van der Waals surface area contributed by atoms with E-state index in [0.717, 1.165) is 29.7 Å². The monoisotopic (exact) mass is 304 g/mol. The first-order chi connectivity index (χ1) is 9.95. The van der Waals surface area contributed by atoms with Gasteiger partial charge in [-0.15, -0.1) is 0 Å². The molecule has 0 saturated carbocycles. The molecule has 5 heteroatoms. The normalized spacial score (nSPS) is 18.9. The number of hydrogen-bond donors (Lipinski definition) is 1. The molecule has 1 fully saturated rings. The first-order valence-electron chi connectivity index (χ1n) is 7.21. The van der Waals surface area contributed by atoms with E-state index in [1.165, 1.54) is 4.90 Å². The molecule has 2 amide bonds. The van der Waals surface area contributed by atoms with Crippen molar-refractivity contribution in [3.63, 3.8) is 0 Å². The van der Waals surface area contributed by atoms with Gasteiger partial charge in [0, 0.05) is 0 Å². The van der Waals surface area contributed by atoms with Crippen molar-refractivity contribution in [2.24, 2.45) is 5.92 Å². The van der Waals surface area contributed by atoms with E-state index in [4.69, 9.17) is 12.2 Å². The number of rotatable bonds is 4. The van der Waals surface area contributed by atoms with Crippen molar-refractivity contribution in [2.45, 2.75) is 40.0 Å². The van der Waals surface area contributed by atoms with E-state index in [0.29, 0.717) is 6.42 Å². The van der Waals surface area contributed by atoms with Crippen molar-refractivity contribution in [2.75, 3.05) is 4.90 Å². The highest BCUT2D eigenvalue weighted by Crippen LogP contribution is 2.25. The molecule has 0 aliphatic carbocycles. The van der Waals surface area contributed by atoms with E-state index < -0.39 is 5.92 Å². The van der Waals surface area contributed by atoms with Crippen LogP contribution >= 0.6 is 12.2 Å². The van der Waals surface area contributed by atoms with Crippen LogP contribution in [0.1, 0.15) is 37.3 Å². The number of thiocarbonyl (C=S) groups is 1. The second-order valence-corrected chi connectivity index (χ2v) is 5.82. The van der Waals surface area contributed by atoms with Crippen LogP contribution in [-0.4, -0.2) is 16.9 Å². The molecule has 1 aliphatic heterocycles.